The molecule has 4 aliphatic rings. The van der Waals surface area contributed by atoms with Gasteiger partial charge in [-0.3, -0.25) is 9.59 Å². The second-order valence-electron chi connectivity index (χ2n) is 8.85. The number of hydrogen-bond acceptors (Lipinski definition) is 7. The van der Waals surface area contributed by atoms with Crippen molar-refractivity contribution < 1.29 is 18.8 Å². The summed E-state index contributed by atoms with van der Waals surface area (Å²) >= 11 is 0. The van der Waals surface area contributed by atoms with Gasteiger partial charge in [-0.25, -0.2) is 0 Å². The standard InChI is InChI=1S/C20H29N5O4/c1-12-22-20(23-29-12)24-10-13-8-14(11-24)16(25-15(13)4-2-6-18(25)26)9-21-19(27)17-5-3-7-28-17/h13-17H,2-11H2,1H3,(H,21,27)/t13-,14+,15+,16+,17+/m1/s1. The SMILES string of the molecule is Cc1nc(N2C[C@H]3C[C@@H](C2)[C@H](CNC(=O)[C@@H]2CCCO2)N2C(=O)CCC[C@@H]32)no1. The van der Waals surface area contributed by atoms with E-state index in [0.29, 0.717) is 37.3 Å². The molecule has 29 heavy (non-hydrogen) atoms. The fourth-order valence-electron chi connectivity index (χ4n) is 5.72. The smallest absolute Gasteiger partial charge is 0.266 e. The molecule has 0 saturated carbocycles. The van der Waals surface area contributed by atoms with Crippen LogP contribution in [0.2, 0.25) is 0 Å². The summed E-state index contributed by atoms with van der Waals surface area (Å²) in [5, 5.41) is 7.19. The Morgan fingerprint density at radius 2 is 2.10 bits per heavy atom. The first-order valence-corrected chi connectivity index (χ1v) is 10.9. The van der Waals surface area contributed by atoms with Crippen LogP contribution in [0.1, 0.15) is 44.4 Å². The summed E-state index contributed by atoms with van der Waals surface area (Å²) in [6.45, 7) is 4.55. The van der Waals surface area contributed by atoms with Crippen molar-refractivity contribution in [3.05, 3.63) is 5.89 Å². The van der Waals surface area contributed by atoms with Crippen LogP contribution in [0.25, 0.3) is 0 Å². The number of piperidine rings is 3. The van der Waals surface area contributed by atoms with Gasteiger partial charge in [0, 0.05) is 45.6 Å². The van der Waals surface area contributed by atoms with Crippen molar-refractivity contribution >= 4 is 17.8 Å². The van der Waals surface area contributed by atoms with Gasteiger partial charge in [-0.2, -0.15) is 4.98 Å². The first kappa shape index (κ1) is 18.8. The van der Waals surface area contributed by atoms with Crippen LogP contribution in [-0.4, -0.2) is 71.3 Å². The Hall–Kier alpha value is -2.16. The van der Waals surface area contributed by atoms with Crippen molar-refractivity contribution in [2.75, 3.05) is 31.1 Å². The number of carbonyl (C=O) groups is 2. The van der Waals surface area contributed by atoms with Gasteiger partial charge in [-0.1, -0.05) is 0 Å². The first-order chi connectivity index (χ1) is 14.1. The first-order valence-electron chi connectivity index (χ1n) is 10.9. The van der Waals surface area contributed by atoms with E-state index in [0.717, 1.165) is 45.2 Å². The van der Waals surface area contributed by atoms with Crippen LogP contribution in [-0.2, 0) is 14.3 Å². The highest BCUT2D eigenvalue weighted by Gasteiger charge is 2.50. The number of rotatable bonds is 4. The molecule has 0 radical (unpaired) electrons. The highest BCUT2D eigenvalue weighted by molar-refractivity contribution is 5.81. The number of hydrogen-bond donors (Lipinski definition) is 1. The molecule has 2 amide bonds. The van der Waals surface area contributed by atoms with E-state index in [9.17, 15) is 9.59 Å². The summed E-state index contributed by atoms with van der Waals surface area (Å²) in [5.41, 5.74) is 0. The Morgan fingerprint density at radius 3 is 2.86 bits per heavy atom. The third kappa shape index (κ3) is 3.49. The number of anilines is 1. The number of aryl methyl sites for hydroxylation is 1. The van der Waals surface area contributed by atoms with Gasteiger partial charge in [0.15, 0.2) is 0 Å². The molecular weight excluding hydrogens is 374 g/mol. The minimum Gasteiger partial charge on any atom is -0.368 e. The van der Waals surface area contributed by atoms with Crippen molar-refractivity contribution in [3.63, 3.8) is 0 Å². The molecule has 2 bridgehead atoms. The Kier molecular flexibility index (Phi) is 4.93. The zero-order valence-corrected chi connectivity index (χ0v) is 16.9. The predicted molar refractivity (Wildman–Crippen MR) is 103 cm³/mol. The van der Waals surface area contributed by atoms with E-state index in [4.69, 9.17) is 9.26 Å². The van der Waals surface area contributed by atoms with Gasteiger partial charge >= 0.3 is 0 Å². The number of carbonyl (C=O) groups excluding carboxylic acids is 2. The molecule has 4 saturated heterocycles. The molecule has 5 heterocycles. The van der Waals surface area contributed by atoms with Gasteiger partial charge in [0.2, 0.25) is 17.7 Å². The number of aromatic nitrogens is 2. The Morgan fingerprint density at radius 1 is 1.24 bits per heavy atom. The van der Waals surface area contributed by atoms with E-state index in [1.54, 1.807) is 6.92 Å². The molecule has 5 rings (SSSR count). The number of fused-ring (bicyclic) bond motifs is 4. The summed E-state index contributed by atoms with van der Waals surface area (Å²) in [6, 6.07) is 0.234. The summed E-state index contributed by atoms with van der Waals surface area (Å²) < 4.78 is 10.7. The second-order valence-corrected chi connectivity index (χ2v) is 8.85. The normalized spacial score (nSPS) is 34.2. The summed E-state index contributed by atoms with van der Waals surface area (Å²) in [5.74, 6) is 2.06. The lowest BCUT2D eigenvalue weighted by molar-refractivity contribution is -0.149. The fourth-order valence-corrected chi connectivity index (χ4v) is 5.72. The summed E-state index contributed by atoms with van der Waals surface area (Å²) in [7, 11) is 0. The van der Waals surface area contributed by atoms with Crippen LogP contribution in [0.4, 0.5) is 5.95 Å². The minimum absolute atomic E-state index is 0.00482. The highest BCUT2D eigenvalue weighted by atomic mass is 16.5. The second kappa shape index (κ2) is 7.59. The average molecular weight is 403 g/mol. The Balaban J connectivity index is 1.35. The number of nitrogens with one attached hydrogen (secondary N) is 1. The molecule has 9 heteroatoms. The van der Waals surface area contributed by atoms with E-state index >= 15 is 0 Å². The number of ether oxygens (including phenoxy) is 1. The molecule has 0 aromatic carbocycles. The van der Waals surface area contributed by atoms with Crippen LogP contribution in [0.5, 0.6) is 0 Å². The van der Waals surface area contributed by atoms with Gasteiger partial charge in [0.05, 0.1) is 6.04 Å². The molecule has 158 valence electrons. The Labute approximate surface area is 170 Å². The summed E-state index contributed by atoms with van der Waals surface area (Å²) in [6.07, 6.45) is 5.01. The van der Waals surface area contributed by atoms with Crippen molar-refractivity contribution in [3.8, 4) is 0 Å². The zero-order chi connectivity index (χ0) is 20.0. The van der Waals surface area contributed by atoms with Crippen LogP contribution in [0, 0.1) is 18.8 Å². The molecule has 4 aliphatic heterocycles. The van der Waals surface area contributed by atoms with E-state index in [1.807, 2.05) is 0 Å². The molecular formula is C20H29N5O4. The van der Waals surface area contributed by atoms with Gasteiger partial charge < -0.3 is 24.4 Å². The van der Waals surface area contributed by atoms with Crippen molar-refractivity contribution in [1.82, 2.24) is 20.4 Å². The molecule has 5 atom stereocenters. The van der Waals surface area contributed by atoms with Gasteiger partial charge in [-0.05, 0) is 49.1 Å². The van der Waals surface area contributed by atoms with Gasteiger partial charge in [-0.15, -0.1) is 0 Å². The van der Waals surface area contributed by atoms with Crippen LogP contribution in [0.3, 0.4) is 0 Å². The molecule has 0 spiro atoms. The maximum Gasteiger partial charge on any atom is 0.266 e. The van der Waals surface area contributed by atoms with E-state index in [1.165, 1.54) is 0 Å². The third-order valence-corrected chi connectivity index (χ3v) is 7.00. The quantitative estimate of drug-likeness (QED) is 0.796. The number of nitrogens with zero attached hydrogens (tertiary/aromatic N) is 4. The maximum atomic E-state index is 12.9. The molecule has 4 fully saturated rings. The molecule has 1 N–H and O–H groups in total. The molecule has 0 aliphatic carbocycles. The Bertz CT molecular complexity index is 777. The van der Waals surface area contributed by atoms with Crippen LogP contribution in [0.15, 0.2) is 4.52 Å². The van der Waals surface area contributed by atoms with Gasteiger partial charge in [0.1, 0.15) is 6.10 Å². The topological polar surface area (TPSA) is 101 Å². The van der Waals surface area contributed by atoms with Crippen LogP contribution >= 0.6 is 0 Å². The summed E-state index contributed by atoms with van der Waals surface area (Å²) in [4.78, 5) is 34.1. The van der Waals surface area contributed by atoms with E-state index in [-0.39, 0.29) is 35.9 Å². The van der Waals surface area contributed by atoms with E-state index in [2.05, 4.69) is 25.3 Å². The third-order valence-electron chi connectivity index (χ3n) is 7.00. The van der Waals surface area contributed by atoms with Crippen molar-refractivity contribution in [2.45, 2.75) is 63.6 Å². The number of amides is 2. The minimum atomic E-state index is -0.343. The fraction of sp³-hybridized carbons (Fsp3) is 0.800. The van der Waals surface area contributed by atoms with Crippen molar-refractivity contribution in [2.24, 2.45) is 11.8 Å². The predicted octanol–water partition coefficient (Wildman–Crippen LogP) is 0.879. The average Bonchev–Trinajstić information content (AvgIpc) is 3.40. The lowest BCUT2D eigenvalue weighted by Crippen LogP contribution is -2.67. The maximum absolute atomic E-state index is 12.9. The monoisotopic (exact) mass is 403 g/mol. The molecule has 0 unspecified atom stereocenters. The highest BCUT2D eigenvalue weighted by Crippen LogP contribution is 2.42. The lowest BCUT2D eigenvalue weighted by atomic mass is 9.72. The molecule has 1 aromatic heterocycles. The molecule has 9 nitrogen and oxygen atoms in total. The zero-order valence-electron chi connectivity index (χ0n) is 16.9. The largest absolute Gasteiger partial charge is 0.368 e. The van der Waals surface area contributed by atoms with E-state index < -0.39 is 0 Å². The lowest BCUT2D eigenvalue weighted by Gasteiger charge is -2.56. The molecule has 1 aromatic rings. The van der Waals surface area contributed by atoms with Crippen molar-refractivity contribution in [1.29, 1.82) is 0 Å². The van der Waals surface area contributed by atoms with Crippen LogP contribution < -0.4 is 10.2 Å². The van der Waals surface area contributed by atoms with Gasteiger partial charge in [0.25, 0.3) is 5.95 Å².